The van der Waals surface area contributed by atoms with Gasteiger partial charge >= 0.3 is 0 Å². The summed E-state index contributed by atoms with van der Waals surface area (Å²) in [6, 6.07) is 4.95. The van der Waals surface area contributed by atoms with Crippen LogP contribution in [0.1, 0.15) is 25.2 Å². The van der Waals surface area contributed by atoms with Gasteiger partial charge in [-0.2, -0.15) is 11.8 Å². The minimum Gasteiger partial charge on any atom is -0.345 e. The van der Waals surface area contributed by atoms with Crippen molar-refractivity contribution in [3.05, 3.63) is 30.2 Å². The molecule has 0 aliphatic rings. The van der Waals surface area contributed by atoms with E-state index < -0.39 is 6.04 Å². The second-order valence-electron chi connectivity index (χ2n) is 4.61. The van der Waals surface area contributed by atoms with Crippen LogP contribution in [0.3, 0.4) is 0 Å². The molecule has 0 spiro atoms. The molecule has 6 nitrogen and oxygen atoms in total. The summed E-state index contributed by atoms with van der Waals surface area (Å²) in [7, 11) is 0. The summed E-state index contributed by atoms with van der Waals surface area (Å²) in [6.45, 7) is 1.88. The monoisotopic (exact) mass is 293 g/mol. The summed E-state index contributed by atoms with van der Waals surface area (Å²) in [5.74, 6) is 1.42. The summed E-state index contributed by atoms with van der Waals surface area (Å²) in [5.41, 5.74) is 6.61. The zero-order valence-corrected chi connectivity index (χ0v) is 12.4. The quantitative estimate of drug-likeness (QED) is 0.829. The first kappa shape index (κ1) is 14.8. The topological polar surface area (TPSA) is 85.3 Å². The number of carbonyl (C=O) groups excluding carboxylic acids is 1. The van der Waals surface area contributed by atoms with Crippen LogP contribution in [-0.4, -0.2) is 38.6 Å². The fraction of sp³-hybridized carbons (Fsp3) is 0.462. The zero-order valence-electron chi connectivity index (χ0n) is 11.6. The highest BCUT2D eigenvalue weighted by Gasteiger charge is 2.19. The highest BCUT2D eigenvalue weighted by atomic mass is 32.2. The maximum Gasteiger partial charge on any atom is 0.237 e. The number of nitrogens with zero attached hydrogens (tertiary/aromatic N) is 3. The molecule has 2 heterocycles. The molecule has 20 heavy (non-hydrogen) atoms. The van der Waals surface area contributed by atoms with Gasteiger partial charge in [-0.1, -0.05) is 6.07 Å². The Morgan fingerprint density at radius 1 is 1.50 bits per heavy atom. The van der Waals surface area contributed by atoms with Crippen molar-refractivity contribution in [1.29, 1.82) is 0 Å². The number of nitrogens with two attached hydrogens (primary N) is 1. The molecular formula is C13H19N5OS. The predicted molar refractivity (Wildman–Crippen MR) is 80.5 cm³/mol. The van der Waals surface area contributed by atoms with Crippen molar-refractivity contribution in [2.45, 2.75) is 25.4 Å². The maximum atomic E-state index is 12.0. The first-order chi connectivity index (χ1) is 9.63. The third-order valence-electron chi connectivity index (χ3n) is 3.06. The summed E-state index contributed by atoms with van der Waals surface area (Å²) >= 11 is 1.68. The van der Waals surface area contributed by atoms with Gasteiger partial charge in [0.05, 0.1) is 12.1 Å². The molecular weight excluding hydrogens is 274 g/mol. The normalized spacial score (nSPS) is 14.2. The molecule has 0 bridgehead atoms. The number of pyridine rings is 1. The van der Waals surface area contributed by atoms with Gasteiger partial charge in [-0.25, -0.2) is 0 Å². The Morgan fingerprint density at radius 3 is 3.05 bits per heavy atom. The van der Waals surface area contributed by atoms with Gasteiger partial charge in [-0.15, -0.1) is 10.2 Å². The first-order valence-electron chi connectivity index (χ1n) is 6.48. The molecule has 7 heteroatoms. The smallest absolute Gasteiger partial charge is 0.237 e. The van der Waals surface area contributed by atoms with Crippen molar-refractivity contribution in [2.75, 3.05) is 12.0 Å². The molecule has 1 unspecified atom stereocenters. The molecule has 108 valence electrons. The van der Waals surface area contributed by atoms with Crippen molar-refractivity contribution in [3.8, 4) is 0 Å². The summed E-state index contributed by atoms with van der Waals surface area (Å²) in [6.07, 6.45) is 4.54. The molecule has 3 N–H and O–H groups in total. The van der Waals surface area contributed by atoms with Gasteiger partial charge < -0.3 is 11.1 Å². The van der Waals surface area contributed by atoms with E-state index in [0.29, 0.717) is 12.2 Å². The maximum absolute atomic E-state index is 12.0. The highest BCUT2D eigenvalue weighted by Crippen LogP contribution is 2.12. The second-order valence-corrected chi connectivity index (χ2v) is 5.59. The van der Waals surface area contributed by atoms with E-state index in [1.165, 1.54) is 0 Å². The molecule has 0 aliphatic heterocycles. The zero-order chi connectivity index (χ0) is 14.5. The minimum atomic E-state index is -0.482. The first-order valence-corrected chi connectivity index (χ1v) is 7.87. The van der Waals surface area contributed by atoms with Crippen molar-refractivity contribution >= 4 is 23.3 Å². The van der Waals surface area contributed by atoms with Crippen molar-refractivity contribution in [1.82, 2.24) is 19.9 Å². The van der Waals surface area contributed by atoms with Crippen LogP contribution in [0.4, 0.5) is 0 Å². The van der Waals surface area contributed by atoms with Crippen LogP contribution >= 0.6 is 11.8 Å². The standard InChI is InChI=1S/C13H19N5OS/c1-9(15-13(19)10(14)6-8-20-2)12-17-16-11-5-3-4-7-18(11)12/h3-5,7,9-10H,6,8,14H2,1-2H3,(H,15,19)/t9?,10-/m1/s1. The molecule has 2 rings (SSSR count). The van der Waals surface area contributed by atoms with Crippen LogP contribution in [0.15, 0.2) is 24.4 Å². The van der Waals surface area contributed by atoms with E-state index in [2.05, 4.69) is 15.5 Å². The number of fused-ring (bicyclic) bond motifs is 1. The number of nitrogens with one attached hydrogen (secondary N) is 1. The fourth-order valence-electron chi connectivity index (χ4n) is 1.92. The van der Waals surface area contributed by atoms with Crippen LogP contribution < -0.4 is 11.1 Å². The predicted octanol–water partition coefficient (Wildman–Crippen LogP) is 0.987. The van der Waals surface area contributed by atoms with Crippen LogP contribution in [-0.2, 0) is 4.79 Å². The Bertz CT molecular complexity index is 585. The van der Waals surface area contributed by atoms with E-state index in [-0.39, 0.29) is 11.9 Å². The lowest BCUT2D eigenvalue weighted by atomic mass is 10.2. The number of hydrogen-bond donors (Lipinski definition) is 2. The van der Waals surface area contributed by atoms with Crippen LogP contribution in [0.2, 0.25) is 0 Å². The van der Waals surface area contributed by atoms with Crippen LogP contribution in [0.25, 0.3) is 5.65 Å². The van der Waals surface area contributed by atoms with Gasteiger partial charge in [-0.3, -0.25) is 9.20 Å². The van der Waals surface area contributed by atoms with E-state index in [0.717, 1.165) is 11.4 Å². The molecule has 2 aromatic rings. The van der Waals surface area contributed by atoms with Crippen LogP contribution in [0, 0.1) is 0 Å². The summed E-state index contributed by atoms with van der Waals surface area (Å²) < 4.78 is 1.86. The van der Waals surface area contributed by atoms with Crippen molar-refractivity contribution < 1.29 is 4.79 Å². The van der Waals surface area contributed by atoms with E-state index in [1.54, 1.807) is 11.8 Å². The fourth-order valence-corrected chi connectivity index (χ4v) is 2.41. The number of hydrogen-bond acceptors (Lipinski definition) is 5. The molecule has 0 saturated heterocycles. The van der Waals surface area contributed by atoms with Gasteiger partial charge in [0.1, 0.15) is 0 Å². The van der Waals surface area contributed by atoms with Gasteiger partial charge in [0.15, 0.2) is 11.5 Å². The lowest BCUT2D eigenvalue weighted by Crippen LogP contribution is -2.42. The lowest BCUT2D eigenvalue weighted by molar-refractivity contribution is -0.123. The molecule has 0 saturated carbocycles. The van der Waals surface area contributed by atoms with Crippen molar-refractivity contribution in [3.63, 3.8) is 0 Å². The second kappa shape index (κ2) is 6.71. The van der Waals surface area contributed by atoms with Crippen molar-refractivity contribution in [2.24, 2.45) is 5.73 Å². The SMILES string of the molecule is CSCC[C@@H](N)C(=O)NC(C)c1nnc2ccccn12. The molecule has 0 radical (unpaired) electrons. The lowest BCUT2D eigenvalue weighted by Gasteiger charge is -2.16. The Hall–Kier alpha value is -1.60. The number of aromatic nitrogens is 3. The molecule has 2 atom stereocenters. The van der Waals surface area contributed by atoms with E-state index in [9.17, 15) is 4.79 Å². The summed E-state index contributed by atoms with van der Waals surface area (Å²) in [4.78, 5) is 12.0. The Labute approximate surface area is 122 Å². The number of thioether (sulfide) groups is 1. The average Bonchev–Trinajstić information content (AvgIpc) is 2.88. The van der Waals surface area contributed by atoms with Gasteiger partial charge in [-0.05, 0) is 37.5 Å². The Kier molecular flexibility index (Phi) is 4.97. The third kappa shape index (κ3) is 3.29. The van der Waals surface area contributed by atoms with Gasteiger partial charge in [0.2, 0.25) is 5.91 Å². The average molecular weight is 293 g/mol. The van der Waals surface area contributed by atoms with E-state index in [4.69, 9.17) is 5.73 Å². The van der Waals surface area contributed by atoms with E-state index >= 15 is 0 Å². The van der Waals surface area contributed by atoms with Gasteiger partial charge in [0.25, 0.3) is 0 Å². The highest BCUT2D eigenvalue weighted by molar-refractivity contribution is 7.98. The molecule has 1 amide bonds. The summed E-state index contributed by atoms with van der Waals surface area (Å²) in [5, 5.41) is 11.1. The Balaban J connectivity index is 2.04. The van der Waals surface area contributed by atoms with Crippen LogP contribution in [0.5, 0.6) is 0 Å². The van der Waals surface area contributed by atoms with E-state index in [1.807, 2.05) is 42.0 Å². The van der Waals surface area contributed by atoms with Gasteiger partial charge in [0, 0.05) is 6.20 Å². The number of carbonyl (C=O) groups is 1. The third-order valence-corrected chi connectivity index (χ3v) is 3.70. The number of rotatable bonds is 6. The molecule has 0 fully saturated rings. The molecule has 2 aromatic heterocycles. The Morgan fingerprint density at radius 2 is 2.30 bits per heavy atom. The largest absolute Gasteiger partial charge is 0.345 e. The molecule has 0 aromatic carbocycles. The minimum absolute atomic E-state index is 0.153. The molecule has 0 aliphatic carbocycles. The number of amides is 1.